The molecule has 0 aliphatic heterocycles. The van der Waals surface area contributed by atoms with Gasteiger partial charge in [-0.1, -0.05) is 0 Å². The summed E-state index contributed by atoms with van der Waals surface area (Å²) in [5.74, 6) is -0.661. The zero-order chi connectivity index (χ0) is 17.9. The molecule has 1 amide bonds. The van der Waals surface area contributed by atoms with Crippen LogP contribution >= 0.6 is 0 Å². The second-order valence-electron chi connectivity index (χ2n) is 5.59. The summed E-state index contributed by atoms with van der Waals surface area (Å²) in [6, 6.07) is 6.58. The van der Waals surface area contributed by atoms with Crippen LogP contribution in [0.3, 0.4) is 0 Å². The first-order valence-electron chi connectivity index (χ1n) is 7.27. The van der Waals surface area contributed by atoms with Gasteiger partial charge in [-0.2, -0.15) is 0 Å². The molecule has 0 aliphatic rings. The van der Waals surface area contributed by atoms with Gasteiger partial charge in [-0.15, -0.1) is 0 Å². The number of sulfonamides is 1. The van der Waals surface area contributed by atoms with Gasteiger partial charge in [0.25, 0.3) is 5.91 Å². The molecule has 0 bridgehead atoms. The minimum Gasteiger partial charge on any atom is -0.469 e. The normalized spacial score (nSPS) is 13.0. The highest BCUT2D eigenvalue weighted by Crippen LogP contribution is 2.19. The van der Waals surface area contributed by atoms with Gasteiger partial charge in [0.1, 0.15) is 16.5 Å². The van der Waals surface area contributed by atoms with E-state index in [-0.39, 0.29) is 11.6 Å². The Kier molecular flexibility index (Phi) is 5.40. The molecule has 0 spiro atoms. The number of halogens is 1. The summed E-state index contributed by atoms with van der Waals surface area (Å²) in [4.78, 5) is 11.7. The molecule has 6 nitrogen and oxygen atoms in total. The van der Waals surface area contributed by atoms with Crippen molar-refractivity contribution in [1.29, 1.82) is 0 Å². The van der Waals surface area contributed by atoms with Crippen molar-refractivity contribution in [2.45, 2.75) is 24.3 Å². The van der Waals surface area contributed by atoms with Gasteiger partial charge in [-0.05, 0) is 37.3 Å². The smallest absolute Gasteiger partial charge is 0.251 e. The number of benzene rings is 1. The number of furan rings is 1. The molecule has 0 radical (unpaired) electrons. The van der Waals surface area contributed by atoms with E-state index in [9.17, 15) is 17.6 Å². The third-order valence-corrected chi connectivity index (χ3v) is 5.25. The van der Waals surface area contributed by atoms with Crippen molar-refractivity contribution in [3.63, 3.8) is 0 Å². The predicted molar refractivity (Wildman–Crippen MR) is 86.6 cm³/mol. The van der Waals surface area contributed by atoms with Crippen molar-refractivity contribution in [1.82, 2.24) is 9.62 Å². The maximum absolute atomic E-state index is 13.9. The van der Waals surface area contributed by atoms with Crippen LogP contribution in [0, 0.1) is 5.82 Å². The third-order valence-electron chi connectivity index (χ3n) is 3.42. The monoisotopic (exact) mass is 354 g/mol. The van der Waals surface area contributed by atoms with Gasteiger partial charge in [0.2, 0.25) is 10.0 Å². The number of carbonyl (C=O) groups is 1. The number of hydrogen-bond acceptors (Lipinski definition) is 4. The lowest BCUT2D eigenvalue weighted by Gasteiger charge is -2.15. The molecule has 1 N–H and O–H groups in total. The molecule has 2 aromatic rings. The zero-order valence-corrected chi connectivity index (χ0v) is 14.4. The van der Waals surface area contributed by atoms with Gasteiger partial charge >= 0.3 is 0 Å². The lowest BCUT2D eigenvalue weighted by Crippen LogP contribution is -2.34. The summed E-state index contributed by atoms with van der Waals surface area (Å²) in [6.07, 6.45) is 2.03. The van der Waals surface area contributed by atoms with Crippen LogP contribution in [-0.4, -0.2) is 38.8 Å². The molecule has 1 atom stereocenters. The molecule has 0 saturated carbocycles. The fraction of sp³-hybridized carbons (Fsp3) is 0.312. The average molecular weight is 354 g/mol. The van der Waals surface area contributed by atoms with Crippen LogP contribution in [0.5, 0.6) is 0 Å². The fourth-order valence-electron chi connectivity index (χ4n) is 2.13. The number of nitrogens with one attached hydrogen (secondary N) is 1. The van der Waals surface area contributed by atoms with E-state index in [1.54, 1.807) is 25.3 Å². The van der Waals surface area contributed by atoms with Gasteiger partial charge in [0, 0.05) is 32.1 Å². The number of amides is 1. The van der Waals surface area contributed by atoms with Crippen molar-refractivity contribution < 1.29 is 22.0 Å². The molecule has 1 heterocycles. The van der Waals surface area contributed by atoms with E-state index < -0.39 is 26.6 Å². The van der Waals surface area contributed by atoms with Crippen molar-refractivity contribution in [2.24, 2.45) is 0 Å². The van der Waals surface area contributed by atoms with Crippen molar-refractivity contribution >= 4 is 15.9 Å². The standard InChI is InChI=1S/C16H19FN2O4S/c1-11(9-13-5-4-8-23-13)18-16(20)12-6-7-14(17)15(10-12)24(21,22)19(2)3/h4-8,10-11H,9H2,1-3H3,(H,18,20). The van der Waals surface area contributed by atoms with E-state index in [4.69, 9.17) is 4.42 Å². The Morgan fingerprint density at radius 2 is 2.04 bits per heavy atom. The van der Waals surface area contributed by atoms with Crippen LogP contribution in [0.1, 0.15) is 23.0 Å². The molecule has 24 heavy (non-hydrogen) atoms. The Morgan fingerprint density at radius 1 is 1.33 bits per heavy atom. The lowest BCUT2D eigenvalue weighted by molar-refractivity contribution is 0.0939. The Balaban J connectivity index is 2.18. The molecule has 0 saturated heterocycles. The number of nitrogens with zero attached hydrogens (tertiary/aromatic N) is 1. The first-order chi connectivity index (χ1) is 11.2. The highest BCUT2D eigenvalue weighted by molar-refractivity contribution is 7.89. The molecular formula is C16H19FN2O4S. The van der Waals surface area contributed by atoms with Gasteiger partial charge < -0.3 is 9.73 Å². The van der Waals surface area contributed by atoms with Gasteiger partial charge in [0.15, 0.2) is 0 Å². The first kappa shape index (κ1) is 18.2. The van der Waals surface area contributed by atoms with Crippen LogP contribution in [0.4, 0.5) is 4.39 Å². The summed E-state index contributed by atoms with van der Waals surface area (Å²) in [5, 5.41) is 2.73. The van der Waals surface area contributed by atoms with Crippen molar-refractivity contribution in [2.75, 3.05) is 14.1 Å². The number of carbonyl (C=O) groups excluding carboxylic acids is 1. The van der Waals surface area contributed by atoms with E-state index in [0.29, 0.717) is 6.42 Å². The average Bonchev–Trinajstić information content (AvgIpc) is 2.99. The van der Waals surface area contributed by atoms with Crippen LogP contribution in [0.25, 0.3) is 0 Å². The zero-order valence-electron chi connectivity index (χ0n) is 13.6. The Morgan fingerprint density at radius 3 is 2.62 bits per heavy atom. The third kappa shape index (κ3) is 4.01. The number of rotatable bonds is 6. The maximum Gasteiger partial charge on any atom is 0.251 e. The Hall–Kier alpha value is -2.19. The maximum atomic E-state index is 13.9. The van der Waals surface area contributed by atoms with Crippen LogP contribution in [0.2, 0.25) is 0 Å². The largest absolute Gasteiger partial charge is 0.469 e. The summed E-state index contributed by atoms with van der Waals surface area (Å²) in [5.41, 5.74) is 0.0723. The van der Waals surface area contributed by atoms with E-state index in [1.165, 1.54) is 20.2 Å². The van der Waals surface area contributed by atoms with E-state index in [0.717, 1.165) is 22.2 Å². The highest BCUT2D eigenvalue weighted by atomic mass is 32.2. The highest BCUT2D eigenvalue weighted by Gasteiger charge is 2.23. The van der Waals surface area contributed by atoms with Crippen molar-refractivity contribution in [3.05, 3.63) is 53.7 Å². The molecule has 0 aliphatic carbocycles. The first-order valence-corrected chi connectivity index (χ1v) is 8.71. The Labute approximate surface area is 140 Å². The number of hydrogen-bond donors (Lipinski definition) is 1. The molecule has 8 heteroatoms. The SMILES string of the molecule is CC(Cc1ccco1)NC(=O)c1ccc(F)c(S(=O)(=O)N(C)C)c1. The van der Waals surface area contributed by atoms with Crippen LogP contribution in [0.15, 0.2) is 45.9 Å². The minimum atomic E-state index is -3.97. The predicted octanol–water partition coefficient (Wildman–Crippen LogP) is 2.03. The second-order valence-corrected chi connectivity index (χ2v) is 7.71. The van der Waals surface area contributed by atoms with E-state index in [1.807, 2.05) is 0 Å². The molecule has 2 rings (SSSR count). The van der Waals surface area contributed by atoms with Gasteiger partial charge in [-0.25, -0.2) is 17.1 Å². The van der Waals surface area contributed by atoms with E-state index in [2.05, 4.69) is 5.32 Å². The van der Waals surface area contributed by atoms with Gasteiger partial charge in [-0.3, -0.25) is 4.79 Å². The lowest BCUT2D eigenvalue weighted by atomic mass is 10.1. The Bertz CT molecular complexity index is 817. The molecule has 1 unspecified atom stereocenters. The molecule has 1 aromatic carbocycles. The summed E-state index contributed by atoms with van der Waals surface area (Å²) in [7, 11) is -1.37. The van der Waals surface area contributed by atoms with Crippen LogP contribution in [-0.2, 0) is 16.4 Å². The van der Waals surface area contributed by atoms with Gasteiger partial charge in [0.05, 0.1) is 6.26 Å². The second kappa shape index (κ2) is 7.14. The quantitative estimate of drug-likeness (QED) is 0.861. The molecular weight excluding hydrogens is 335 g/mol. The minimum absolute atomic E-state index is 0.0723. The summed E-state index contributed by atoms with van der Waals surface area (Å²) >= 11 is 0. The molecule has 0 fully saturated rings. The fourth-order valence-corrected chi connectivity index (χ4v) is 3.11. The van der Waals surface area contributed by atoms with Crippen LogP contribution < -0.4 is 5.32 Å². The summed E-state index contributed by atoms with van der Waals surface area (Å²) in [6.45, 7) is 1.79. The molecule has 130 valence electrons. The molecule has 1 aromatic heterocycles. The topological polar surface area (TPSA) is 79.6 Å². The summed E-state index contributed by atoms with van der Waals surface area (Å²) < 4.78 is 44.2. The van der Waals surface area contributed by atoms with Crippen molar-refractivity contribution in [3.8, 4) is 0 Å². The van der Waals surface area contributed by atoms with E-state index >= 15 is 0 Å².